The monoisotopic (exact) mass is 487 g/mol. The van der Waals surface area contributed by atoms with Gasteiger partial charge in [0.15, 0.2) is 0 Å². The van der Waals surface area contributed by atoms with Crippen LogP contribution >= 0.6 is 0 Å². The van der Waals surface area contributed by atoms with Crippen molar-refractivity contribution in [2.75, 3.05) is 20.2 Å². The van der Waals surface area contributed by atoms with Crippen molar-refractivity contribution in [3.05, 3.63) is 65.5 Å². The van der Waals surface area contributed by atoms with E-state index in [0.717, 1.165) is 17.7 Å². The molecule has 1 aromatic heterocycles. The second-order valence-corrected chi connectivity index (χ2v) is 9.13. The summed E-state index contributed by atoms with van der Waals surface area (Å²) in [5, 5.41) is 0. The average Bonchev–Trinajstić information content (AvgIpc) is 3.49. The summed E-state index contributed by atoms with van der Waals surface area (Å²) in [6.07, 6.45) is -2.36. The highest BCUT2D eigenvalue weighted by Crippen LogP contribution is 2.34. The summed E-state index contributed by atoms with van der Waals surface area (Å²) in [5.41, 5.74) is 7.75. The van der Waals surface area contributed by atoms with Crippen LogP contribution in [0.3, 0.4) is 0 Å². The van der Waals surface area contributed by atoms with E-state index >= 15 is 0 Å². The molecule has 0 radical (unpaired) electrons. The zero-order valence-electron chi connectivity index (χ0n) is 19.4. The van der Waals surface area contributed by atoms with Crippen LogP contribution in [0.15, 0.2) is 48.5 Å². The lowest BCUT2D eigenvalue weighted by molar-refractivity contribution is -0.137. The molecule has 186 valence electrons. The summed E-state index contributed by atoms with van der Waals surface area (Å²) >= 11 is 0. The number of carbonyl (C=O) groups excluding carboxylic acids is 1. The SMILES string of the molecule is COCc1nc2cc(C(F)(F)F)ccc2n1C1CCN(C(=O)C2CC(c3ccccc3)NN2)CC1. The lowest BCUT2D eigenvalue weighted by Crippen LogP contribution is -2.48. The van der Waals surface area contributed by atoms with E-state index in [1.807, 2.05) is 39.8 Å². The van der Waals surface area contributed by atoms with E-state index in [2.05, 4.69) is 15.8 Å². The highest BCUT2D eigenvalue weighted by molar-refractivity contribution is 5.82. The van der Waals surface area contributed by atoms with Gasteiger partial charge in [-0.1, -0.05) is 30.3 Å². The highest BCUT2D eigenvalue weighted by atomic mass is 19.4. The van der Waals surface area contributed by atoms with Crippen molar-refractivity contribution >= 4 is 16.9 Å². The van der Waals surface area contributed by atoms with Gasteiger partial charge in [0.05, 0.1) is 16.6 Å². The number of hydrogen-bond donors (Lipinski definition) is 2. The van der Waals surface area contributed by atoms with E-state index < -0.39 is 11.7 Å². The molecule has 0 spiro atoms. The Balaban J connectivity index is 1.28. The van der Waals surface area contributed by atoms with Gasteiger partial charge >= 0.3 is 6.18 Å². The van der Waals surface area contributed by atoms with Gasteiger partial charge in [-0.15, -0.1) is 0 Å². The molecule has 3 aromatic rings. The molecule has 2 N–H and O–H groups in total. The van der Waals surface area contributed by atoms with Crippen LogP contribution in [0, 0.1) is 0 Å². The minimum atomic E-state index is -4.42. The first-order valence-corrected chi connectivity index (χ1v) is 11.8. The number of fused-ring (bicyclic) bond motifs is 1. The molecule has 2 fully saturated rings. The van der Waals surface area contributed by atoms with Gasteiger partial charge in [0.25, 0.3) is 0 Å². The zero-order valence-corrected chi connectivity index (χ0v) is 19.4. The molecule has 3 heterocycles. The van der Waals surface area contributed by atoms with E-state index in [-0.39, 0.29) is 30.6 Å². The molecule has 35 heavy (non-hydrogen) atoms. The topological polar surface area (TPSA) is 71.4 Å². The number of benzene rings is 2. The zero-order chi connectivity index (χ0) is 24.6. The first-order valence-electron chi connectivity index (χ1n) is 11.8. The molecule has 7 nitrogen and oxygen atoms in total. The fourth-order valence-electron chi connectivity index (χ4n) is 5.15. The molecular weight excluding hydrogens is 459 g/mol. The number of nitrogens with one attached hydrogen (secondary N) is 2. The number of hydrogen-bond acceptors (Lipinski definition) is 5. The van der Waals surface area contributed by atoms with Gasteiger partial charge in [0, 0.05) is 32.3 Å². The number of piperidine rings is 1. The van der Waals surface area contributed by atoms with E-state index in [0.29, 0.717) is 49.2 Å². The normalized spacial score (nSPS) is 21.7. The van der Waals surface area contributed by atoms with E-state index in [4.69, 9.17) is 4.74 Å². The smallest absolute Gasteiger partial charge is 0.377 e. The van der Waals surface area contributed by atoms with E-state index in [9.17, 15) is 18.0 Å². The Morgan fingerprint density at radius 3 is 2.54 bits per heavy atom. The molecule has 2 aromatic carbocycles. The maximum Gasteiger partial charge on any atom is 0.416 e. The molecule has 5 rings (SSSR count). The van der Waals surface area contributed by atoms with Crippen molar-refractivity contribution in [2.24, 2.45) is 0 Å². The van der Waals surface area contributed by atoms with E-state index in [1.165, 1.54) is 13.2 Å². The Kier molecular flexibility index (Phi) is 6.52. The van der Waals surface area contributed by atoms with Crippen molar-refractivity contribution < 1.29 is 22.7 Å². The van der Waals surface area contributed by atoms with Crippen LogP contribution in [0.1, 0.15) is 48.3 Å². The van der Waals surface area contributed by atoms with Gasteiger partial charge in [0.1, 0.15) is 18.5 Å². The number of carbonyl (C=O) groups is 1. The van der Waals surface area contributed by atoms with Crippen LogP contribution in [-0.4, -0.2) is 46.6 Å². The van der Waals surface area contributed by atoms with Crippen molar-refractivity contribution in [1.29, 1.82) is 0 Å². The molecule has 2 aliphatic heterocycles. The average molecular weight is 488 g/mol. The summed E-state index contributed by atoms with van der Waals surface area (Å²) in [5.74, 6) is 0.663. The number of likely N-dealkylation sites (tertiary alicyclic amines) is 1. The first-order chi connectivity index (χ1) is 16.8. The molecule has 10 heteroatoms. The van der Waals surface area contributed by atoms with Crippen molar-refractivity contribution in [2.45, 2.75) is 50.2 Å². The summed E-state index contributed by atoms with van der Waals surface area (Å²) in [6, 6.07) is 13.5. The number of nitrogens with zero attached hydrogens (tertiary/aromatic N) is 3. The molecule has 0 saturated carbocycles. The van der Waals surface area contributed by atoms with Gasteiger partial charge in [-0.2, -0.15) is 13.2 Å². The minimum absolute atomic E-state index is 0.0256. The number of ether oxygens (including phenoxy) is 1. The lowest BCUT2D eigenvalue weighted by Gasteiger charge is -2.34. The minimum Gasteiger partial charge on any atom is -0.377 e. The molecule has 2 aliphatic rings. The summed E-state index contributed by atoms with van der Waals surface area (Å²) in [7, 11) is 1.54. The van der Waals surface area contributed by atoms with Gasteiger partial charge in [-0.05, 0) is 43.0 Å². The number of amides is 1. The standard InChI is InChI=1S/C25H28F3N5O2/c1-35-15-23-29-20-13-17(25(26,27)28)7-8-22(20)33(23)18-9-11-32(12-10-18)24(34)21-14-19(30-31-21)16-5-3-2-4-6-16/h2-8,13,18-19,21,30-31H,9-12,14-15H2,1H3. The van der Waals surface area contributed by atoms with Crippen molar-refractivity contribution in [3.8, 4) is 0 Å². The predicted molar refractivity (Wildman–Crippen MR) is 124 cm³/mol. The van der Waals surface area contributed by atoms with Crippen LogP contribution in [0.5, 0.6) is 0 Å². The number of alkyl halides is 3. The Hall–Kier alpha value is -2.95. The summed E-state index contributed by atoms with van der Waals surface area (Å²) < 4.78 is 46.8. The fraction of sp³-hybridized carbons (Fsp3) is 0.440. The van der Waals surface area contributed by atoms with Crippen LogP contribution in [0.4, 0.5) is 13.2 Å². The van der Waals surface area contributed by atoms with Crippen molar-refractivity contribution in [1.82, 2.24) is 25.3 Å². The fourth-order valence-corrected chi connectivity index (χ4v) is 5.15. The molecule has 2 atom stereocenters. The molecule has 2 unspecified atom stereocenters. The molecule has 1 amide bonds. The largest absolute Gasteiger partial charge is 0.416 e. The molecule has 0 bridgehead atoms. The first kappa shape index (κ1) is 23.8. The quantitative estimate of drug-likeness (QED) is 0.570. The van der Waals surface area contributed by atoms with Crippen LogP contribution < -0.4 is 10.9 Å². The number of hydrazine groups is 1. The molecule has 0 aliphatic carbocycles. The molecule has 2 saturated heterocycles. The van der Waals surface area contributed by atoms with Crippen molar-refractivity contribution in [3.63, 3.8) is 0 Å². The lowest BCUT2D eigenvalue weighted by atomic mass is 9.99. The molecular formula is C25H28F3N5O2. The number of rotatable bonds is 5. The maximum atomic E-state index is 13.2. The Bertz CT molecular complexity index is 1190. The van der Waals surface area contributed by atoms with E-state index in [1.54, 1.807) is 0 Å². The number of halogens is 3. The third-order valence-electron chi connectivity index (χ3n) is 6.91. The second kappa shape index (κ2) is 9.60. The third kappa shape index (κ3) is 4.78. The maximum absolute atomic E-state index is 13.2. The summed E-state index contributed by atoms with van der Waals surface area (Å²) in [6.45, 7) is 1.35. The van der Waals surface area contributed by atoms with Crippen LogP contribution in [0.25, 0.3) is 11.0 Å². The number of aromatic nitrogens is 2. The number of imidazole rings is 1. The van der Waals surface area contributed by atoms with Gasteiger partial charge < -0.3 is 14.2 Å². The Morgan fingerprint density at radius 2 is 1.86 bits per heavy atom. The summed E-state index contributed by atoms with van der Waals surface area (Å²) in [4.78, 5) is 19.5. The second-order valence-electron chi connectivity index (χ2n) is 9.13. The van der Waals surface area contributed by atoms with Gasteiger partial charge in [0.2, 0.25) is 5.91 Å². The number of methoxy groups -OCH3 is 1. The van der Waals surface area contributed by atoms with Crippen LogP contribution in [0.2, 0.25) is 0 Å². The van der Waals surface area contributed by atoms with Gasteiger partial charge in [-0.25, -0.2) is 15.8 Å². The third-order valence-corrected chi connectivity index (χ3v) is 6.91. The highest BCUT2D eigenvalue weighted by Gasteiger charge is 2.36. The Morgan fingerprint density at radius 1 is 1.11 bits per heavy atom. The Labute approximate surface area is 201 Å². The van der Waals surface area contributed by atoms with Crippen LogP contribution in [-0.2, 0) is 22.3 Å². The predicted octanol–water partition coefficient (Wildman–Crippen LogP) is 3.97. The van der Waals surface area contributed by atoms with Gasteiger partial charge in [-0.3, -0.25) is 4.79 Å².